The second kappa shape index (κ2) is 7.92. The Hall–Kier alpha value is -2.69. The predicted molar refractivity (Wildman–Crippen MR) is 97.0 cm³/mol. The zero-order valence-electron chi connectivity index (χ0n) is 15.0. The van der Waals surface area contributed by atoms with Crippen molar-refractivity contribution in [3.8, 4) is 0 Å². The molecule has 5 heteroatoms. The SMILES string of the molecule is Cc1cc(C)c(NC(=O)CN(C)C(=O)Cc2cccc(F)c2)c(C)c1. The third kappa shape index (κ3) is 5.14. The Morgan fingerprint density at radius 2 is 1.72 bits per heavy atom. The molecule has 0 spiro atoms. The molecule has 4 nitrogen and oxygen atoms in total. The largest absolute Gasteiger partial charge is 0.336 e. The van der Waals surface area contributed by atoms with Crippen LogP contribution in [0.15, 0.2) is 36.4 Å². The number of likely N-dealkylation sites (N-methyl/N-ethyl adjacent to an activating group) is 1. The Bertz CT molecular complexity index is 779. The van der Waals surface area contributed by atoms with Gasteiger partial charge in [0.05, 0.1) is 13.0 Å². The number of aryl methyl sites for hydroxylation is 3. The van der Waals surface area contributed by atoms with Crippen LogP contribution in [0.5, 0.6) is 0 Å². The maximum atomic E-state index is 13.2. The molecule has 0 saturated heterocycles. The van der Waals surface area contributed by atoms with E-state index in [2.05, 4.69) is 5.32 Å². The second-order valence-corrected chi connectivity index (χ2v) is 6.38. The van der Waals surface area contributed by atoms with Gasteiger partial charge in [0.25, 0.3) is 0 Å². The molecule has 0 saturated carbocycles. The van der Waals surface area contributed by atoms with Crippen molar-refractivity contribution in [3.05, 3.63) is 64.5 Å². The van der Waals surface area contributed by atoms with E-state index in [0.717, 1.165) is 22.4 Å². The molecular formula is C20H23FN2O2. The lowest BCUT2D eigenvalue weighted by atomic mass is 10.1. The van der Waals surface area contributed by atoms with Gasteiger partial charge < -0.3 is 10.2 Å². The Kier molecular flexibility index (Phi) is 5.91. The van der Waals surface area contributed by atoms with Crippen molar-refractivity contribution < 1.29 is 14.0 Å². The summed E-state index contributed by atoms with van der Waals surface area (Å²) in [6.45, 7) is 5.83. The van der Waals surface area contributed by atoms with Crippen molar-refractivity contribution in [2.45, 2.75) is 27.2 Å². The van der Waals surface area contributed by atoms with E-state index in [0.29, 0.717) is 5.56 Å². The maximum absolute atomic E-state index is 13.2. The van der Waals surface area contributed by atoms with Gasteiger partial charge in [-0.1, -0.05) is 29.8 Å². The lowest BCUT2D eigenvalue weighted by Gasteiger charge is -2.18. The summed E-state index contributed by atoms with van der Waals surface area (Å²) < 4.78 is 13.2. The quantitative estimate of drug-likeness (QED) is 0.905. The Balaban J connectivity index is 1.97. The minimum atomic E-state index is -0.379. The summed E-state index contributed by atoms with van der Waals surface area (Å²) >= 11 is 0. The standard InChI is InChI=1S/C20H23FN2O2/c1-13-8-14(2)20(15(3)9-13)22-18(24)12-23(4)19(25)11-16-6-5-7-17(21)10-16/h5-10H,11-12H2,1-4H3,(H,22,24). The first-order chi connectivity index (χ1) is 11.8. The lowest BCUT2D eigenvalue weighted by molar-refractivity contribution is -0.132. The monoisotopic (exact) mass is 342 g/mol. The fourth-order valence-corrected chi connectivity index (χ4v) is 2.82. The molecule has 0 unspecified atom stereocenters. The molecule has 2 aromatic rings. The van der Waals surface area contributed by atoms with Crippen LogP contribution < -0.4 is 5.32 Å². The molecule has 25 heavy (non-hydrogen) atoms. The van der Waals surface area contributed by atoms with Gasteiger partial charge in [-0.15, -0.1) is 0 Å². The summed E-state index contributed by atoms with van der Waals surface area (Å²) in [5.41, 5.74) is 4.47. The number of amides is 2. The predicted octanol–water partition coefficient (Wildman–Crippen LogP) is 3.39. The number of halogens is 1. The average Bonchev–Trinajstić information content (AvgIpc) is 2.50. The van der Waals surface area contributed by atoms with E-state index in [-0.39, 0.29) is 30.6 Å². The first kappa shape index (κ1) is 18.6. The van der Waals surface area contributed by atoms with Gasteiger partial charge in [0, 0.05) is 12.7 Å². The smallest absolute Gasteiger partial charge is 0.243 e. The number of nitrogens with zero attached hydrogens (tertiary/aromatic N) is 1. The van der Waals surface area contributed by atoms with Crippen molar-refractivity contribution in [2.75, 3.05) is 18.9 Å². The van der Waals surface area contributed by atoms with Gasteiger partial charge in [-0.25, -0.2) is 4.39 Å². The van der Waals surface area contributed by atoms with Crippen LogP contribution in [0.1, 0.15) is 22.3 Å². The zero-order valence-corrected chi connectivity index (χ0v) is 15.0. The van der Waals surface area contributed by atoms with E-state index >= 15 is 0 Å². The molecule has 0 radical (unpaired) electrons. The van der Waals surface area contributed by atoms with Gasteiger partial charge in [-0.3, -0.25) is 9.59 Å². The van der Waals surface area contributed by atoms with Gasteiger partial charge in [0.1, 0.15) is 5.82 Å². The van der Waals surface area contributed by atoms with Crippen LogP contribution in [-0.2, 0) is 16.0 Å². The topological polar surface area (TPSA) is 49.4 Å². The van der Waals surface area contributed by atoms with Crippen LogP contribution in [0, 0.1) is 26.6 Å². The van der Waals surface area contributed by atoms with Crippen LogP contribution >= 0.6 is 0 Å². The molecule has 132 valence electrons. The number of hydrogen-bond acceptors (Lipinski definition) is 2. The third-order valence-corrected chi connectivity index (χ3v) is 3.99. The van der Waals surface area contributed by atoms with Crippen LogP contribution in [-0.4, -0.2) is 30.3 Å². The molecule has 2 aromatic carbocycles. The molecule has 0 aliphatic carbocycles. The highest BCUT2D eigenvalue weighted by Gasteiger charge is 2.15. The number of hydrogen-bond donors (Lipinski definition) is 1. The Labute approximate surface area is 147 Å². The van der Waals surface area contributed by atoms with Gasteiger partial charge in [-0.2, -0.15) is 0 Å². The maximum Gasteiger partial charge on any atom is 0.243 e. The number of rotatable bonds is 5. The van der Waals surface area contributed by atoms with E-state index in [1.165, 1.54) is 17.0 Å². The second-order valence-electron chi connectivity index (χ2n) is 6.38. The normalized spacial score (nSPS) is 10.4. The van der Waals surface area contributed by atoms with E-state index in [1.807, 2.05) is 32.9 Å². The van der Waals surface area contributed by atoms with Crippen molar-refractivity contribution in [3.63, 3.8) is 0 Å². The number of nitrogens with one attached hydrogen (secondary N) is 1. The van der Waals surface area contributed by atoms with E-state index in [9.17, 15) is 14.0 Å². The van der Waals surface area contributed by atoms with Crippen LogP contribution in [0.25, 0.3) is 0 Å². The summed E-state index contributed by atoms with van der Waals surface area (Å²) in [6, 6.07) is 9.91. The summed E-state index contributed by atoms with van der Waals surface area (Å²) in [7, 11) is 1.57. The van der Waals surface area contributed by atoms with Crippen molar-refractivity contribution in [2.24, 2.45) is 0 Å². The average molecular weight is 342 g/mol. The number of carbonyl (C=O) groups is 2. The molecular weight excluding hydrogens is 319 g/mol. The molecule has 0 aromatic heterocycles. The van der Waals surface area contributed by atoms with Crippen molar-refractivity contribution in [1.82, 2.24) is 4.90 Å². The van der Waals surface area contributed by atoms with Crippen molar-refractivity contribution >= 4 is 17.5 Å². The first-order valence-electron chi connectivity index (χ1n) is 8.12. The zero-order chi connectivity index (χ0) is 18.6. The number of anilines is 1. The molecule has 0 atom stereocenters. The fourth-order valence-electron chi connectivity index (χ4n) is 2.82. The van der Waals surface area contributed by atoms with Gasteiger partial charge >= 0.3 is 0 Å². The molecule has 0 heterocycles. The highest BCUT2D eigenvalue weighted by Crippen LogP contribution is 2.21. The van der Waals surface area contributed by atoms with Gasteiger partial charge in [0.15, 0.2) is 0 Å². The van der Waals surface area contributed by atoms with E-state index in [4.69, 9.17) is 0 Å². The summed E-state index contributed by atoms with van der Waals surface area (Å²) in [6.07, 6.45) is 0.0597. The Morgan fingerprint density at radius 1 is 1.08 bits per heavy atom. The minimum absolute atomic E-state index is 0.0547. The molecule has 1 N–H and O–H groups in total. The van der Waals surface area contributed by atoms with Gasteiger partial charge in [-0.05, 0) is 49.6 Å². The van der Waals surface area contributed by atoms with Crippen LogP contribution in [0.2, 0.25) is 0 Å². The van der Waals surface area contributed by atoms with E-state index in [1.54, 1.807) is 19.2 Å². The van der Waals surface area contributed by atoms with Crippen LogP contribution in [0.4, 0.5) is 10.1 Å². The summed E-state index contributed by atoms with van der Waals surface area (Å²) in [4.78, 5) is 25.8. The molecule has 0 aliphatic heterocycles. The minimum Gasteiger partial charge on any atom is -0.336 e. The fraction of sp³-hybridized carbons (Fsp3) is 0.300. The highest BCUT2D eigenvalue weighted by molar-refractivity contribution is 5.96. The molecule has 2 rings (SSSR count). The van der Waals surface area contributed by atoms with Crippen molar-refractivity contribution in [1.29, 1.82) is 0 Å². The number of benzene rings is 2. The lowest BCUT2D eigenvalue weighted by Crippen LogP contribution is -2.36. The molecule has 0 fully saturated rings. The van der Waals surface area contributed by atoms with E-state index < -0.39 is 0 Å². The third-order valence-electron chi connectivity index (χ3n) is 3.99. The van der Waals surface area contributed by atoms with Gasteiger partial charge in [0.2, 0.25) is 11.8 Å². The first-order valence-corrected chi connectivity index (χ1v) is 8.12. The molecule has 0 aliphatic rings. The number of carbonyl (C=O) groups excluding carboxylic acids is 2. The molecule has 2 amide bonds. The van der Waals surface area contributed by atoms with Crippen LogP contribution in [0.3, 0.4) is 0 Å². The Morgan fingerprint density at radius 3 is 2.32 bits per heavy atom. The highest BCUT2D eigenvalue weighted by atomic mass is 19.1. The summed E-state index contributed by atoms with van der Waals surface area (Å²) in [5, 5.41) is 2.87. The molecule has 0 bridgehead atoms. The summed E-state index contributed by atoms with van der Waals surface area (Å²) in [5.74, 6) is -0.876.